The van der Waals surface area contributed by atoms with Crippen LogP contribution in [0.15, 0.2) is 36.4 Å². The van der Waals surface area contributed by atoms with Gasteiger partial charge in [-0.2, -0.15) is 0 Å². The Kier molecular flexibility index (Phi) is 2.38. The molecule has 0 spiro atoms. The molecule has 0 radical (unpaired) electrons. The molecule has 0 aliphatic heterocycles. The molecule has 4 heteroatoms. The van der Waals surface area contributed by atoms with Crippen molar-refractivity contribution in [2.75, 3.05) is 0 Å². The molecule has 1 aromatic rings. The van der Waals surface area contributed by atoms with Gasteiger partial charge in [-0.05, 0) is 6.07 Å². The SMILES string of the molecule is N[C@]1(c2ccccc2Cl)C=C[C@H](O)C1=O. The first-order valence-electron chi connectivity index (χ1n) is 4.51. The first-order chi connectivity index (χ1) is 7.05. The summed E-state index contributed by atoms with van der Waals surface area (Å²) in [6, 6.07) is 6.86. The highest BCUT2D eigenvalue weighted by Crippen LogP contribution is 2.32. The summed E-state index contributed by atoms with van der Waals surface area (Å²) in [5, 5.41) is 9.75. The second-order valence-corrected chi connectivity index (χ2v) is 3.92. The van der Waals surface area contributed by atoms with Crippen LogP contribution in [0.3, 0.4) is 0 Å². The summed E-state index contributed by atoms with van der Waals surface area (Å²) >= 11 is 5.96. The van der Waals surface area contributed by atoms with Crippen LogP contribution < -0.4 is 5.73 Å². The molecule has 0 saturated carbocycles. The lowest BCUT2D eigenvalue weighted by Gasteiger charge is -2.22. The monoisotopic (exact) mass is 223 g/mol. The highest BCUT2D eigenvalue weighted by molar-refractivity contribution is 6.32. The molecule has 0 aromatic heterocycles. The number of rotatable bonds is 1. The lowest BCUT2D eigenvalue weighted by Crippen LogP contribution is -2.44. The molecule has 15 heavy (non-hydrogen) atoms. The van der Waals surface area contributed by atoms with Crippen molar-refractivity contribution in [1.82, 2.24) is 0 Å². The molecule has 3 nitrogen and oxygen atoms in total. The molecule has 0 bridgehead atoms. The van der Waals surface area contributed by atoms with E-state index in [1.807, 2.05) is 0 Å². The number of nitrogens with two attached hydrogens (primary N) is 1. The summed E-state index contributed by atoms with van der Waals surface area (Å²) in [7, 11) is 0. The topological polar surface area (TPSA) is 63.3 Å². The van der Waals surface area contributed by atoms with Gasteiger partial charge in [-0.25, -0.2) is 0 Å². The molecule has 1 aliphatic carbocycles. The van der Waals surface area contributed by atoms with Gasteiger partial charge < -0.3 is 10.8 Å². The van der Waals surface area contributed by atoms with Gasteiger partial charge in [0.05, 0.1) is 0 Å². The van der Waals surface area contributed by atoms with E-state index in [1.54, 1.807) is 24.3 Å². The Morgan fingerprint density at radius 1 is 1.40 bits per heavy atom. The van der Waals surface area contributed by atoms with Crippen LogP contribution in [-0.4, -0.2) is 17.0 Å². The van der Waals surface area contributed by atoms with Crippen LogP contribution in [-0.2, 0) is 10.3 Å². The Balaban J connectivity index is 2.52. The first kappa shape index (κ1) is 10.4. The van der Waals surface area contributed by atoms with Crippen LogP contribution in [0, 0.1) is 0 Å². The maximum Gasteiger partial charge on any atom is 0.193 e. The summed E-state index contributed by atoms with van der Waals surface area (Å²) in [6.45, 7) is 0. The van der Waals surface area contributed by atoms with Crippen LogP contribution in [0.1, 0.15) is 5.56 Å². The normalized spacial score (nSPS) is 29.8. The molecule has 2 atom stereocenters. The van der Waals surface area contributed by atoms with E-state index in [9.17, 15) is 9.90 Å². The molecule has 78 valence electrons. The van der Waals surface area contributed by atoms with E-state index in [4.69, 9.17) is 17.3 Å². The lowest BCUT2D eigenvalue weighted by molar-refractivity contribution is -0.127. The van der Waals surface area contributed by atoms with E-state index in [0.29, 0.717) is 10.6 Å². The number of halogens is 1. The summed E-state index contributed by atoms with van der Waals surface area (Å²) in [5.41, 5.74) is 5.16. The number of aliphatic hydroxyl groups excluding tert-OH is 1. The van der Waals surface area contributed by atoms with Crippen LogP contribution in [0.25, 0.3) is 0 Å². The third-order valence-corrected chi connectivity index (χ3v) is 2.87. The first-order valence-corrected chi connectivity index (χ1v) is 4.89. The van der Waals surface area contributed by atoms with Crippen molar-refractivity contribution in [3.8, 4) is 0 Å². The van der Waals surface area contributed by atoms with Crippen molar-refractivity contribution in [3.05, 3.63) is 47.0 Å². The second-order valence-electron chi connectivity index (χ2n) is 3.52. The van der Waals surface area contributed by atoms with Crippen molar-refractivity contribution in [3.63, 3.8) is 0 Å². The summed E-state index contributed by atoms with van der Waals surface area (Å²) in [4.78, 5) is 11.7. The fourth-order valence-electron chi connectivity index (χ4n) is 1.68. The molecule has 1 aromatic carbocycles. The number of benzene rings is 1. The van der Waals surface area contributed by atoms with Crippen LogP contribution in [0.5, 0.6) is 0 Å². The Hall–Kier alpha value is -1.16. The average molecular weight is 224 g/mol. The van der Waals surface area contributed by atoms with E-state index in [0.717, 1.165) is 0 Å². The van der Waals surface area contributed by atoms with E-state index in [-0.39, 0.29) is 0 Å². The highest BCUT2D eigenvalue weighted by atomic mass is 35.5. The molecular formula is C11H10ClNO2. The van der Waals surface area contributed by atoms with Crippen molar-refractivity contribution in [1.29, 1.82) is 0 Å². The van der Waals surface area contributed by atoms with Gasteiger partial charge in [0, 0.05) is 10.6 Å². The molecule has 0 amide bonds. The van der Waals surface area contributed by atoms with E-state index >= 15 is 0 Å². The van der Waals surface area contributed by atoms with Crippen LogP contribution in [0.4, 0.5) is 0 Å². The molecule has 0 heterocycles. The lowest BCUT2D eigenvalue weighted by atomic mass is 9.89. The molecule has 0 saturated heterocycles. The van der Waals surface area contributed by atoms with Crippen molar-refractivity contribution >= 4 is 17.4 Å². The van der Waals surface area contributed by atoms with Crippen LogP contribution >= 0.6 is 11.6 Å². The van der Waals surface area contributed by atoms with Gasteiger partial charge >= 0.3 is 0 Å². The molecule has 1 aliphatic rings. The number of carbonyl (C=O) groups excluding carboxylic acids is 1. The molecule has 2 rings (SSSR count). The molecular weight excluding hydrogens is 214 g/mol. The predicted molar refractivity (Wildman–Crippen MR) is 57.5 cm³/mol. The highest BCUT2D eigenvalue weighted by Gasteiger charge is 2.42. The van der Waals surface area contributed by atoms with Gasteiger partial charge in [0.1, 0.15) is 11.6 Å². The zero-order valence-electron chi connectivity index (χ0n) is 7.85. The Morgan fingerprint density at radius 2 is 2.07 bits per heavy atom. The Morgan fingerprint density at radius 3 is 2.60 bits per heavy atom. The average Bonchev–Trinajstić information content (AvgIpc) is 2.48. The fraction of sp³-hybridized carbons (Fsp3) is 0.182. The number of carbonyl (C=O) groups is 1. The number of aliphatic hydroxyl groups is 1. The quantitative estimate of drug-likeness (QED) is 0.698. The molecule has 0 unspecified atom stereocenters. The second kappa shape index (κ2) is 3.45. The van der Waals surface area contributed by atoms with Gasteiger partial charge in [-0.1, -0.05) is 42.0 Å². The maximum atomic E-state index is 11.7. The van der Waals surface area contributed by atoms with Gasteiger partial charge in [0.2, 0.25) is 0 Å². The summed E-state index contributed by atoms with van der Waals surface area (Å²) < 4.78 is 0. The minimum absolute atomic E-state index is 0.423. The number of Topliss-reactive ketones (excluding diaryl/α,β-unsaturated/α-hetero) is 1. The molecule has 0 fully saturated rings. The van der Waals surface area contributed by atoms with E-state index in [2.05, 4.69) is 0 Å². The summed E-state index contributed by atoms with van der Waals surface area (Å²) in [5.74, 6) is -0.449. The Bertz CT molecular complexity index is 444. The number of hydrogen-bond donors (Lipinski definition) is 2. The maximum absolute atomic E-state index is 11.7. The van der Waals surface area contributed by atoms with E-state index in [1.165, 1.54) is 12.2 Å². The largest absolute Gasteiger partial charge is 0.381 e. The minimum Gasteiger partial charge on any atom is -0.381 e. The van der Waals surface area contributed by atoms with Gasteiger partial charge in [0.15, 0.2) is 5.78 Å². The van der Waals surface area contributed by atoms with Gasteiger partial charge in [-0.15, -0.1) is 0 Å². The number of hydrogen-bond acceptors (Lipinski definition) is 3. The third kappa shape index (κ3) is 1.49. The van der Waals surface area contributed by atoms with Crippen LogP contribution in [0.2, 0.25) is 5.02 Å². The Labute approximate surface area is 92.2 Å². The van der Waals surface area contributed by atoms with Crippen molar-refractivity contribution < 1.29 is 9.90 Å². The smallest absolute Gasteiger partial charge is 0.193 e. The predicted octanol–water partition coefficient (Wildman–Crippen LogP) is 0.994. The van der Waals surface area contributed by atoms with Crippen molar-refractivity contribution in [2.24, 2.45) is 5.73 Å². The van der Waals surface area contributed by atoms with Gasteiger partial charge in [-0.3, -0.25) is 4.79 Å². The van der Waals surface area contributed by atoms with Gasteiger partial charge in [0.25, 0.3) is 0 Å². The van der Waals surface area contributed by atoms with E-state index < -0.39 is 17.4 Å². The fourth-order valence-corrected chi connectivity index (χ4v) is 1.97. The molecule has 3 N–H and O–H groups in total. The standard InChI is InChI=1S/C11H10ClNO2/c12-8-4-2-1-3-7(8)11(13)6-5-9(14)10(11)15/h1-6,9,14H,13H2/t9-,11-/m0/s1. The summed E-state index contributed by atoms with van der Waals surface area (Å²) in [6.07, 6.45) is 1.73. The third-order valence-electron chi connectivity index (χ3n) is 2.54. The zero-order valence-corrected chi connectivity index (χ0v) is 8.61. The zero-order chi connectivity index (χ0) is 11.1. The minimum atomic E-state index is -1.29. The number of ketones is 1. The van der Waals surface area contributed by atoms with Crippen molar-refractivity contribution in [2.45, 2.75) is 11.6 Å².